The van der Waals surface area contributed by atoms with Gasteiger partial charge in [-0.2, -0.15) is 0 Å². The van der Waals surface area contributed by atoms with E-state index in [2.05, 4.69) is 10.6 Å². The number of benzene rings is 1. The van der Waals surface area contributed by atoms with Crippen molar-refractivity contribution in [2.24, 2.45) is 0 Å². The molecule has 1 aromatic rings. The highest BCUT2D eigenvalue weighted by atomic mass is 16.3. The van der Waals surface area contributed by atoms with E-state index in [1.54, 1.807) is 12.1 Å². The van der Waals surface area contributed by atoms with Crippen LogP contribution in [0.5, 0.6) is 5.75 Å². The Bertz CT molecular complexity index is 482. The van der Waals surface area contributed by atoms with Gasteiger partial charge in [0.1, 0.15) is 12.0 Å². The molecule has 1 saturated carbocycles. The standard InChI is InChI=1S/C15H20N2O3/c18-10-9-16-14-12(7-4-8-13(14)19)15(20)17-11-5-2-1-3-6-11/h4,7-8,10-11,16,19H,1-3,5-6,9H2,(H,17,20). The Morgan fingerprint density at radius 1 is 1.30 bits per heavy atom. The number of aromatic hydroxyl groups is 1. The molecule has 0 aliphatic heterocycles. The molecule has 0 radical (unpaired) electrons. The summed E-state index contributed by atoms with van der Waals surface area (Å²) in [5.41, 5.74) is 0.685. The fourth-order valence-corrected chi connectivity index (χ4v) is 2.57. The molecular weight excluding hydrogens is 256 g/mol. The van der Waals surface area contributed by atoms with Crippen molar-refractivity contribution in [2.45, 2.75) is 38.1 Å². The van der Waals surface area contributed by atoms with Gasteiger partial charge in [-0.3, -0.25) is 4.79 Å². The van der Waals surface area contributed by atoms with Crippen LogP contribution in [0, 0.1) is 0 Å². The molecule has 0 heterocycles. The first kappa shape index (κ1) is 14.4. The van der Waals surface area contributed by atoms with E-state index in [0.717, 1.165) is 25.7 Å². The number of aldehydes is 1. The second kappa shape index (κ2) is 6.93. The molecule has 2 rings (SSSR count). The van der Waals surface area contributed by atoms with E-state index in [9.17, 15) is 14.7 Å². The summed E-state index contributed by atoms with van der Waals surface area (Å²) in [6, 6.07) is 4.96. The van der Waals surface area contributed by atoms with Crippen LogP contribution in [0.3, 0.4) is 0 Å². The van der Waals surface area contributed by atoms with Gasteiger partial charge < -0.3 is 20.5 Å². The number of para-hydroxylation sites is 1. The minimum absolute atomic E-state index is 0.0249. The van der Waals surface area contributed by atoms with Gasteiger partial charge in [-0.05, 0) is 25.0 Å². The molecule has 20 heavy (non-hydrogen) atoms. The van der Waals surface area contributed by atoms with Gasteiger partial charge >= 0.3 is 0 Å². The van der Waals surface area contributed by atoms with Crippen molar-refractivity contribution in [3.05, 3.63) is 23.8 Å². The summed E-state index contributed by atoms with van der Waals surface area (Å²) in [5, 5.41) is 15.6. The number of hydrogen-bond acceptors (Lipinski definition) is 4. The summed E-state index contributed by atoms with van der Waals surface area (Å²) in [5.74, 6) is -0.232. The zero-order chi connectivity index (χ0) is 14.4. The molecule has 1 aliphatic carbocycles. The molecular formula is C15H20N2O3. The summed E-state index contributed by atoms with van der Waals surface area (Å²) >= 11 is 0. The third-order valence-electron chi connectivity index (χ3n) is 3.59. The fourth-order valence-electron chi connectivity index (χ4n) is 2.57. The minimum Gasteiger partial charge on any atom is -0.506 e. The SMILES string of the molecule is O=CCNc1c(O)cccc1C(=O)NC1CCCCC1. The van der Waals surface area contributed by atoms with Gasteiger partial charge in [0.2, 0.25) is 0 Å². The minimum atomic E-state index is -0.207. The Labute approximate surface area is 118 Å². The van der Waals surface area contributed by atoms with Gasteiger partial charge in [-0.15, -0.1) is 0 Å². The highest BCUT2D eigenvalue weighted by Crippen LogP contribution is 2.27. The van der Waals surface area contributed by atoms with E-state index in [0.29, 0.717) is 17.5 Å². The highest BCUT2D eigenvalue weighted by molar-refractivity contribution is 6.01. The quantitative estimate of drug-likeness (QED) is 0.568. The molecule has 1 aliphatic rings. The summed E-state index contributed by atoms with van der Waals surface area (Å²) in [4.78, 5) is 22.7. The molecule has 1 amide bonds. The summed E-state index contributed by atoms with van der Waals surface area (Å²) < 4.78 is 0. The van der Waals surface area contributed by atoms with Crippen molar-refractivity contribution in [1.29, 1.82) is 0 Å². The first-order chi connectivity index (χ1) is 9.72. The van der Waals surface area contributed by atoms with Gasteiger partial charge in [0.25, 0.3) is 5.91 Å². The smallest absolute Gasteiger partial charge is 0.253 e. The summed E-state index contributed by atoms with van der Waals surface area (Å²) in [7, 11) is 0. The lowest BCUT2D eigenvalue weighted by Gasteiger charge is -2.23. The lowest BCUT2D eigenvalue weighted by molar-refractivity contribution is -0.106. The Balaban J connectivity index is 2.11. The highest BCUT2D eigenvalue weighted by Gasteiger charge is 2.19. The third-order valence-corrected chi connectivity index (χ3v) is 3.59. The van der Waals surface area contributed by atoms with Crippen LogP contribution in [0.15, 0.2) is 18.2 Å². The van der Waals surface area contributed by atoms with Crippen molar-refractivity contribution in [1.82, 2.24) is 5.32 Å². The van der Waals surface area contributed by atoms with E-state index >= 15 is 0 Å². The van der Waals surface area contributed by atoms with Crippen LogP contribution in [0.2, 0.25) is 0 Å². The van der Waals surface area contributed by atoms with Crippen molar-refractivity contribution < 1.29 is 14.7 Å². The average Bonchev–Trinajstić information content (AvgIpc) is 2.47. The first-order valence-electron chi connectivity index (χ1n) is 7.02. The number of hydrogen-bond donors (Lipinski definition) is 3. The molecule has 1 fully saturated rings. The van der Waals surface area contributed by atoms with Crippen LogP contribution < -0.4 is 10.6 Å². The molecule has 1 aromatic carbocycles. The Morgan fingerprint density at radius 2 is 2.05 bits per heavy atom. The fraction of sp³-hybridized carbons (Fsp3) is 0.467. The van der Waals surface area contributed by atoms with E-state index in [-0.39, 0.29) is 24.2 Å². The van der Waals surface area contributed by atoms with Gasteiger partial charge in [-0.1, -0.05) is 25.3 Å². The van der Waals surface area contributed by atoms with Crippen LogP contribution in [0.1, 0.15) is 42.5 Å². The van der Waals surface area contributed by atoms with Gasteiger partial charge in [-0.25, -0.2) is 0 Å². The third kappa shape index (κ3) is 3.50. The largest absolute Gasteiger partial charge is 0.506 e. The van der Waals surface area contributed by atoms with Crippen LogP contribution in [0.4, 0.5) is 5.69 Å². The first-order valence-corrected chi connectivity index (χ1v) is 7.02. The lowest BCUT2D eigenvalue weighted by Crippen LogP contribution is -2.36. The molecule has 5 nitrogen and oxygen atoms in total. The molecule has 0 spiro atoms. The zero-order valence-electron chi connectivity index (χ0n) is 11.4. The monoisotopic (exact) mass is 276 g/mol. The Hall–Kier alpha value is -2.04. The van der Waals surface area contributed by atoms with Crippen molar-refractivity contribution in [3.8, 4) is 5.75 Å². The molecule has 3 N–H and O–H groups in total. The molecule has 108 valence electrons. The molecule has 0 atom stereocenters. The zero-order valence-corrected chi connectivity index (χ0v) is 11.4. The van der Waals surface area contributed by atoms with Gasteiger partial charge in [0, 0.05) is 6.04 Å². The Kier molecular flexibility index (Phi) is 4.98. The second-order valence-corrected chi connectivity index (χ2v) is 5.06. The van der Waals surface area contributed by atoms with Crippen molar-refractivity contribution >= 4 is 17.9 Å². The van der Waals surface area contributed by atoms with Crippen molar-refractivity contribution in [3.63, 3.8) is 0 Å². The molecule has 0 aromatic heterocycles. The number of nitrogens with one attached hydrogen (secondary N) is 2. The predicted molar refractivity (Wildman–Crippen MR) is 77.0 cm³/mol. The maximum atomic E-state index is 12.3. The molecule has 5 heteroatoms. The summed E-state index contributed by atoms with van der Waals surface area (Å²) in [6.45, 7) is 0.0568. The number of phenolic OH excluding ortho intramolecular Hbond substituents is 1. The number of carbonyl (C=O) groups is 2. The van der Waals surface area contributed by atoms with Crippen LogP contribution in [0.25, 0.3) is 0 Å². The molecule has 0 unspecified atom stereocenters. The van der Waals surface area contributed by atoms with E-state index in [4.69, 9.17) is 0 Å². The predicted octanol–water partition coefficient (Wildman–Crippen LogP) is 2.07. The number of amides is 1. The van der Waals surface area contributed by atoms with Crippen LogP contribution in [-0.2, 0) is 4.79 Å². The number of carbonyl (C=O) groups excluding carboxylic acids is 2. The van der Waals surface area contributed by atoms with Crippen molar-refractivity contribution in [2.75, 3.05) is 11.9 Å². The lowest BCUT2D eigenvalue weighted by atomic mass is 9.95. The normalized spacial score (nSPS) is 15.6. The number of rotatable bonds is 5. The molecule has 0 bridgehead atoms. The average molecular weight is 276 g/mol. The topological polar surface area (TPSA) is 78.4 Å². The van der Waals surface area contributed by atoms with Gasteiger partial charge in [0.05, 0.1) is 17.8 Å². The van der Waals surface area contributed by atoms with Gasteiger partial charge in [0.15, 0.2) is 0 Å². The second-order valence-electron chi connectivity index (χ2n) is 5.06. The van der Waals surface area contributed by atoms with Crippen LogP contribution >= 0.6 is 0 Å². The van der Waals surface area contributed by atoms with E-state index < -0.39 is 0 Å². The van der Waals surface area contributed by atoms with E-state index in [1.807, 2.05) is 0 Å². The maximum absolute atomic E-state index is 12.3. The van der Waals surface area contributed by atoms with E-state index in [1.165, 1.54) is 12.5 Å². The summed E-state index contributed by atoms with van der Waals surface area (Å²) in [6.07, 6.45) is 6.20. The Morgan fingerprint density at radius 3 is 2.75 bits per heavy atom. The van der Waals surface area contributed by atoms with Crippen LogP contribution in [-0.4, -0.2) is 29.9 Å². The number of anilines is 1. The number of phenols is 1. The molecule has 0 saturated heterocycles. The maximum Gasteiger partial charge on any atom is 0.253 e.